The summed E-state index contributed by atoms with van der Waals surface area (Å²) >= 11 is 0. The van der Waals surface area contributed by atoms with E-state index in [1.165, 1.54) is 5.56 Å². The van der Waals surface area contributed by atoms with Crippen LogP contribution < -0.4 is 4.90 Å². The fraction of sp³-hybridized carbons (Fsp3) is 0.294. The highest BCUT2D eigenvalue weighted by Crippen LogP contribution is 2.22. The Balaban J connectivity index is 1.63. The minimum absolute atomic E-state index is 0.777. The van der Waals surface area contributed by atoms with Gasteiger partial charge in [-0.15, -0.1) is 0 Å². The highest BCUT2D eigenvalue weighted by atomic mass is 16.5. The van der Waals surface area contributed by atoms with Gasteiger partial charge in [-0.2, -0.15) is 5.10 Å². The Labute approximate surface area is 129 Å². The van der Waals surface area contributed by atoms with Gasteiger partial charge >= 0.3 is 0 Å². The van der Waals surface area contributed by atoms with Crippen molar-refractivity contribution in [1.82, 2.24) is 14.6 Å². The Bertz CT molecular complexity index is 788. The number of pyridine rings is 2. The van der Waals surface area contributed by atoms with Crippen LogP contribution in [0, 0.1) is 6.92 Å². The molecule has 1 saturated heterocycles. The monoisotopic (exact) mass is 294 g/mol. The first-order chi connectivity index (χ1) is 10.8. The summed E-state index contributed by atoms with van der Waals surface area (Å²) in [6, 6.07) is 8.43. The van der Waals surface area contributed by atoms with Gasteiger partial charge in [0.1, 0.15) is 5.82 Å². The summed E-state index contributed by atoms with van der Waals surface area (Å²) in [6.07, 6.45) is 5.87. The highest BCUT2D eigenvalue weighted by molar-refractivity contribution is 5.66. The second-order valence-corrected chi connectivity index (χ2v) is 5.58. The van der Waals surface area contributed by atoms with Gasteiger partial charge in [-0.25, -0.2) is 9.50 Å². The van der Waals surface area contributed by atoms with Gasteiger partial charge in [0.15, 0.2) is 0 Å². The molecule has 0 saturated carbocycles. The van der Waals surface area contributed by atoms with Gasteiger partial charge in [-0.05, 0) is 30.7 Å². The first-order valence-corrected chi connectivity index (χ1v) is 7.54. The van der Waals surface area contributed by atoms with Crippen molar-refractivity contribution in [3.8, 4) is 11.1 Å². The molecule has 0 bridgehead atoms. The van der Waals surface area contributed by atoms with Crippen molar-refractivity contribution < 1.29 is 4.74 Å². The average molecular weight is 294 g/mol. The molecule has 22 heavy (non-hydrogen) atoms. The molecule has 4 rings (SSSR count). The number of ether oxygens (including phenoxy) is 1. The molecule has 0 spiro atoms. The molecule has 3 aromatic rings. The fourth-order valence-electron chi connectivity index (χ4n) is 2.82. The van der Waals surface area contributed by atoms with E-state index in [9.17, 15) is 0 Å². The van der Waals surface area contributed by atoms with Crippen molar-refractivity contribution >= 4 is 11.3 Å². The van der Waals surface area contributed by atoms with Crippen LogP contribution in [0.2, 0.25) is 0 Å². The van der Waals surface area contributed by atoms with Crippen LogP contribution in [0.15, 0.2) is 42.9 Å². The molecular formula is C17H18N4O. The molecule has 3 aromatic heterocycles. The lowest BCUT2D eigenvalue weighted by Crippen LogP contribution is -2.36. The quantitative estimate of drug-likeness (QED) is 0.728. The van der Waals surface area contributed by atoms with Crippen LogP contribution in [0.3, 0.4) is 0 Å². The van der Waals surface area contributed by atoms with Gasteiger partial charge < -0.3 is 9.64 Å². The van der Waals surface area contributed by atoms with Crippen LogP contribution in [0.1, 0.15) is 5.56 Å². The Kier molecular flexibility index (Phi) is 3.27. The summed E-state index contributed by atoms with van der Waals surface area (Å²) in [5.41, 5.74) is 4.55. The molecule has 0 unspecified atom stereocenters. The molecule has 5 heteroatoms. The van der Waals surface area contributed by atoms with E-state index >= 15 is 0 Å². The minimum atomic E-state index is 0.777. The molecule has 0 atom stereocenters. The highest BCUT2D eigenvalue weighted by Gasteiger charge is 2.12. The van der Waals surface area contributed by atoms with E-state index < -0.39 is 0 Å². The van der Waals surface area contributed by atoms with Gasteiger partial charge in [-0.3, -0.25) is 0 Å². The number of fused-ring (bicyclic) bond motifs is 1. The standard InChI is InChI=1S/C17H18N4O/c1-13-10-19-21-12-15(2-4-16(13)21)14-3-5-17(18-11-14)20-6-8-22-9-7-20/h2-5,10-12H,6-9H2,1H3. The summed E-state index contributed by atoms with van der Waals surface area (Å²) in [7, 11) is 0. The molecule has 0 aliphatic carbocycles. The van der Waals surface area contributed by atoms with Crippen molar-refractivity contribution in [1.29, 1.82) is 0 Å². The number of morpholine rings is 1. The van der Waals surface area contributed by atoms with Crippen molar-refractivity contribution in [2.75, 3.05) is 31.2 Å². The Hall–Kier alpha value is -2.40. The van der Waals surface area contributed by atoms with Gasteiger partial charge in [0.2, 0.25) is 0 Å². The zero-order valence-electron chi connectivity index (χ0n) is 12.6. The Morgan fingerprint density at radius 3 is 2.59 bits per heavy atom. The lowest BCUT2D eigenvalue weighted by Gasteiger charge is -2.27. The summed E-state index contributed by atoms with van der Waals surface area (Å²) in [5.74, 6) is 1.02. The molecule has 0 aromatic carbocycles. The molecule has 0 N–H and O–H groups in total. The number of aryl methyl sites for hydroxylation is 1. The molecule has 4 heterocycles. The largest absolute Gasteiger partial charge is 0.378 e. The maximum Gasteiger partial charge on any atom is 0.128 e. The Morgan fingerprint density at radius 2 is 1.82 bits per heavy atom. The minimum Gasteiger partial charge on any atom is -0.378 e. The van der Waals surface area contributed by atoms with Crippen LogP contribution in [-0.2, 0) is 4.74 Å². The van der Waals surface area contributed by atoms with Crippen LogP contribution in [-0.4, -0.2) is 40.9 Å². The Morgan fingerprint density at radius 1 is 1.00 bits per heavy atom. The third kappa shape index (κ3) is 2.33. The third-order valence-corrected chi connectivity index (χ3v) is 4.13. The number of aromatic nitrogens is 3. The van der Waals surface area contributed by atoms with Crippen LogP contribution >= 0.6 is 0 Å². The summed E-state index contributed by atoms with van der Waals surface area (Å²) in [4.78, 5) is 6.86. The normalized spacial score (nSPS) is 15.4. The van der Waals surface area contributed by atoms with E-state index in [0.29, 0.717) is 0 Å². The van der Waals surface area contributed by atoms with Gasteiger partial charge in [0.05, 0.1) is 24.9 Å². The first kappa shape index (κ1) is 13.3. The molecule has 112 valence electrons. The molecule has 1 aliphatic heterocycles. The summed E-state index contributed by atoms with van der Waals surface area (Å²) in [6.45, 7) is 5.44. The smallest absolute Gasteiger partial charge is 0.128 e. The second kappa shape index (κ2) is 5.42. The third-order valence-electron chi connectivity index (χ3n) is 4.13. The van der Waals surface area contributed by atoms with Crippen molar-refractivity contribution in [2.45, 2.75) is 6.92 Å². The van der Waals surface area contributed by atoms with Crippen LogP contribution in [0.5, 0.6) is 0 Å². The van der Waals surface area contributed by atoms with Gasteiger partial charge in [-0.1, -0.05) is 6.07 Å². The van der Waals surface area contributed by atoms with Crippen LogP contribution in [0.4, 0.5) is 5.82 Å². The zero-order chi connectivity index (χ0) is 14.9. The lowest BCUT2D eigenvalue weighted by atomic mass is 10.1. The molecular weight excluding hydrogens is 276 g/mol. The molecule has 5 nitrogen and oxygen atoms in total. The van der Waals surface area contributed by atoms with E-state index in [-0.39, 0.29) is 0 Å². The van der Waals surface area contributed by atoms with Crippen molar-refractivity contribution in [3.05, 3.63) is 48.4 Å². The molecule has 0 radical (unpaired) electrons. The molecule has 1 fully saturated rings. The first-order valence-electron chi connectivity index (χ1n) is 7.54. The predicted octanol–water partition coefficient (Wildman–Crippen LogP) is 2.54. The number of anilines is 1. The number of hydrogen-bond donors (Lipinski definition) is 0. The van der Waals surface area contributed by atoms with E-state index in [4.69, 9.17) is 4.74 Å². The topological polar surface area (TPSA) is 42.7 Å². The number of nitrogens with zero attached hydrogens (tertiary/aromatic N) is 4. The number of rotatable bonds is 2. The molecule has 1 aliphatic rings. The van der Waals surface area contributed by atoms with E-state index in [2.05, 4.69) is 46.2 Å². The van der Waals surface area contributed by atoms with Gasteiger partial charge in [0.25, 0.3) is 0 Å². The average Bonchev–Trinajstić information content (AvgIpc) is 2.96. The SMILES string of the molecule is Cc1cnn2cc(-c3ccc(N4CCOCC4)nc3)ccc12. The lowest BCUT2D eigenvalue weighted by molar-refractivity contribution is 0.122. The zero-order valence-corrected chi connectivity index (χ0v) is 12.6. The van der Waals surface area contributed by atoms with E-state index in [1.807, 2.05) is 23.1 Å². The van der Waals surface area contributed by atoms with Crippen molar-refractivity contribution in [2.24, 2.45) is 0 Å². The van der Waals surface area contributed by atoms with E-state index in [0.717, 1.165) is 48.8 Å². The number of hydrogen-bond acceptors (Lipinski definition) is 4. The summed E-state index contributed by atoms with van der Waals surface area (Å²) in [5, 5.41) is 4.37. The summed E-state index contributed by atoms with van der Waals surface area (Å²) < 4.78 is 7.30. The maximum atomic E-state index is 5.38. The maximum absolute atomic E-state index is 5.38. The fourth-order valence-corrected chi connectivity index (χ4v) is 2.82. The van der Waals surface area contributed by atoms with Crippen LogP contribution in [0.25, 0.3) is 16.6 Å². The second-order valence-electron chi connectivity index (χ2n) is 5.58. The molecule has 0 amide bonds. The predicted molar refractivity (Wildman–Crippen MR) is 86.2 cm³/mol. The van der Waals surface area contributed by atoms with E-state index in [1.54, 1.807) is 0 Å². The van der Waals surface area contributed by atoms with Crippen molar-refractivity contribution in [3.63, 3.8) is 0 Å². The van der Waals surface area contributed by atoms with Gasteiger partial charge in [0, 0.05) is 36.6 Å².